The van der Waals surface area contributed by atoms with Gasteiger partial charge in [0.05, 0.1) is 27.6 Å². The van der Waals surface area contributed by atoms with E-state index in [1.165, 1.54) is 81.7 Å². The van der Waals surface area contributed by atoms with Gasteiger partial charge in [-0.25, -0.2) is 0 Å². The number of hydrogen-bond donors (Lipinski definition) is 0. The van der Waals surface area contributed by atoms with Gasteiger partial charge in [-0.2, -0.15) is 0 Å². The zero-order valence-electron chi connectivity index (χ0n) is 39.0. The largest absolute Gasteiger partial charge is 0.457 e. The summed E-state index contributed by atoms with van der Waals surface area (Å²) in [5, 5.41) is 2.44. The van der Waals surface area contributed by atoms with E-state index < -0.39 is 10.8 Å². The Morgan fingerprint density at radius 3 is 1.60 bits per heavy atom. The maximum absolute atomic E-state index is 6.80. The van der Waals surface area contributed by atoms with Crippen LogP contribution in [0.25, 0.3) is 49.7 Å². The van der Waals surface area contributed by atoms with Gasteiger partial charge in [-0.15, -0.1) is 0 Å². The Morgan fingerprint density at radius 1 is 0.347 bits per heavy atom. The Kier molecular flexibility index (Phi) is 8.24. The van der Waals surface area contributed by atoms with E-state index in [9.17, 15) is 0 Å². The van der Waals surface area contributed by atoms with Gasteiger partial charge in [0, 0.05) is 54.3 Å². The summed E-state index contributed by atoms with van der Waals surface area (Å²) in [6.45, 7) is 0. The first-order valence-corrected chi connectivity index (χ1v) is 25.6. The highest BCUT2D eigenvalue weighted by Gasteiger charge is 2.53. The molecule has 0 saturated carbocycles. The van der Waals surface area contributed by atoms with Crippen molar-refractivity contribution in [2.75, 3.05) is 4.90 Å². The molecule has 4 aliphatic rings. The smallest absolute Gasteiger partial charge is 0.132 e. The fourth-order valence-electron chi connectivity index (χ4n) is 13.4. The first kappa shape index (κ1) is 40.0. The van der Waals surface area contributed by atoms with Crippen molar-refractivity contribution in [2.45, 2.75) is 20.6 Å². The Hall–Kier alpha value is -8.83. The highest BCUT2D eigenvalue weighted by molar-refractivity contribution is 7.99. The Labute approximate surface area is 421 Å². The predicted molar refractivity (Wildman–Crippen MR) is 294 cm³/mol. The second-order valence-electron chi connectivity index (χ2n) is 19.4. The van der Waals surface area contributed by atoms with Gasteiger partial charge in [0.1, 0.15) is 11.5 Å². The van der Waals surface area contributed by atoms with Crippen LogP contribution in [-0.4, -0.2) is 4.57 Å². The molecule has 0 atom stereocenters. The SMILES string of the molecule is c1ccc(-n2c3ccccc3c3ccc(N(c4ccc5c(c4)C4(c6ccccc6Oc6ccccc64)c4ccccc4-5)c4cccc5c4-c4ccccc4C54c5ccccc5Sc5ccccc54)cc32)cc1. The van der Waals surface area contributed by atoms with Gasteiger partial charge >= 0.3 is 0 Å². The van der Waals surface area contributed by atoms with Crippen molar-refractivity contribution >= 4 is 50.6 Å². The van der Waals surface area contributed by atoms with Crippen molar-refractivity contribution in [1.29, 1.82) is 0 Å². The van der Waals surface area contributed by atoms with Crippen molar-refractivity contribution in [1.82, 2.24) is 4.57 Å². The molecule has 4 heteroatoms. The molecule has 2 aliphatic carbocycles. The van der Waals surface area contributed by atoms with Gasteiger partial charge in [-0.3, -0.25) is 0 Å². The molecule has 11 aromatic carbocycles. The molecule has 3 nitrogen and oxygen atoms in total. The molecule has 0 bridgehead atoms. The van der Waals surface area contributed by atoms with Crippen LogP contribution in [0, 0.1) is 0 Å². The molecule has 3 heterocycles. The molecule has 12 aromatic rings. The molecule has 0 radical (unpaired) electrons. The topological polar surface area (TPSA) is 17.4 Å². The fourth-order valence-corrected chi connectivity index (χ4v) is 14.6. The molecule has 2 aliphatic heterocycles. The van der Waals surface area contributed by atoms with Crippen LogP contribution in [0.2, 0.25) is 0 Å². The standard InChI is InChI=1S/C68H42N2OS/c1-2-19-43(20-3-1)70-59-31-13-6-22-48(59)49-40-38-45(42-61(49)70)69(44-37-39-47-46-21-4-7-24-51(46)67(58(47)41-44)53-26-9-14-33-62(53)71-63-34-15-10-27-54(63)67)60-32-18-30-57-66(60)50-23-5-8-25-52(50)68(57)55-28-11-16-35-64(55)72-65-36-17-12-29-56(65)68/h1-42H. The van der Waals surface area contributed by atoms with Gasteiger partial charge in [-0.05, 0) is 123 Å². The van der Waals surface area contributed by atoms with Crippen LogP contribution < -0.4 is 9.64 Å². The maximum atomic E-state index is 6.80. The number of benzene rings is 11. The lowest BCUT2D eigenvalue weighted by Gasteiger charge is -2.40. The quantitative estimate of drug-likeness (QED) is 0.175. The van der Waals surface area contributed by atoms with Crippen LogP contribution in [0.3, 0.4) is 0 Å². The van der Waals surface area contributed by atoms with E-state index in [1.54, 1.807) is 0 Å². The Bertz CT molecular complexity index is 4170. The number of anilines is 3. The molecule has 0 unspecified atom stereocenters. The molecule has 1 aromatic heterocycles. The summed E-state index contributed by atoms with van der Waals surface area (Å²) >= 11 is 1.88. The van der Waals surface area contributed by atoms with Crippen molar-refractivity contribution < 1.29 is 4.74 Å². The average molecular weight is 935 g/mol. The van der Waals surface area contributed by atoms with E-state index in [2.05, 4.69) is 264 Å². The zero-order chi connectivity index (χ0) is 47.1. The van der Waals surface area contributed by atoms with E-state index in [0.29, 0.717) is 0 Å². The first-order valence-electron chi connectivity index (χ1n) is 24.8. The van der Waals surface area contributed by atoms with Crippen molar-refractivity contribution in [3.8, 4) is 39.4 Å². The Morgan fingerprint density at radius 2 is 0.861 bits per heavy atom. The second kappa shape index (κ2) is 14.8. The number of rotatable bonds is 4. The van der Waals surface area contributed by atoms with Gasteiger partial charge in [-0.1, -0.05) is 194 Å². The normalized spacial score (nSPS) is 14.4. The van der Waals surface area contributed by atoms with Crippen molar-refractivity contribution in [2.24, 2.45) is 0 Å². The maximum Gasteiger partial charge on any atom is 0.132 e. The van der Waals surface area contributed by atoms with Crippen LogP contribution in [0.5, 0.6) is 11.5 Å². The lowest BCUT2D eigenvalue weighted by Crippen LogP contribution is -2.32. The Balaban J connectivity index is 1.03. The van der Waals surface area contributed by atoms with Crippen LogP contribution in [0.1, 0.15) is 44.5 Å². The average Bonchev–Trinajstić information content (AvgIpc) is 4.05. The number of fused-ring (bicyclic) bond motifs is 21. The van der Waals surface area contributed by atoms with E-state index in [4.69, 9.17) is 4.74 Å². The zero-order valence-corrected chi connectivity index (χ0v) is 39.8. The highest BCUT2D eigenvalue weighted by atomic mass is 32.2. The number of nitrogens with zero attached hydrogens (tertiary/aromatic N) is 2. The fraction of sp³-hybridized carbons (Fsp3) is 0.0294. The number of aromatic nitrogens is 1. The molecular weight excluding hydrogens is 893 g/mol. The summed E-state index contributed by atoms with van der Waals surface area (Å²) in [5.74, 6) is 1.77. The molecule has 72 heavy (non-hydrogen) atoms. The molecule has 16 rings (SSSR count). The van der Waals surface area contributed by atoms with Crippen LogP contribution in [0.15, 0.2) is 265 Å². The molecular formula is C68H42N2OS. The van der Waals surface area contributed by atoms with E-state index in [0.717, 1.165) is 50.9 Å². The second-order valence-corrected chi connectivity index (χ2v) is 20.5. The minimum Gasteiger partial charge on any atom is -0.457 e. The van der Waals surface area contributed by atoms with E-state index >= 15 is 0 Å². The summed E-state index contributed by atoms with van der Waals surface area (Å²) in [6.07, 6.45) is 0. The van der Waals surface area contributed by atoms with Gasteiger partial charge in [0.15, 0.2) is 0 Å². The van der Waals surface area contributed by atoms with Crippen LogP contribution in [0.4, 0.5) is 17.1 Å². The lowest BCUT2D eigenvalue weighted by atomic mass is 9.66. The van der Waals surface area contributed by atoms with Gasteiger partial charge in [0.2, 0.25) is 0 Å². The molecule has 0 saturated heterocycles. The highest BCUT2D eigenvalue weighted by Crippen LogP contribution is 2.66. The third-order valence-corrected chi connectivity index (χ3v) is 17.3. The van der Waals surface area contributed by atoms with Gasteiger partial charge in [0.25, 0.3) is 0 Å². The summed E-state index contributed by atoms with van der Waals surface area (Å²) < 4.78 is 9.23. The van der Waals surface area contributed by atoms with Crippen molar-refractivity contribution in [3.63, 3.8) is 0 Å². The molecule has 0 fully saturated rings. The van der Waals surface area contributed by atoms with Crippen LogP contribution >= 0.6 is 11.8 Å². The lowest BCUT2D eigenvalue weighted by molar-refractivity contribution is 0.436. The number of hydrogen-bond acceptors (Lipinski definition) is 3. The minimum atomic E-state index is -0.634. The summed E-state index contributed by atoms with van der Waals surface area (Å²) in [4.78, 5) is 5.14. The number of para-hydroxylation sites is 4. The first-order chi connectivity index (χ1) is 35.7. The third-order valence-electron chi connectivity index (χ3n) is 16.1. The molecule has 336 valence electrons. The molecule has 2 spiro atoms. The van der Waals surface area contributed by atoms with E-state index in [-0.39, 0.29) is 0 Å². The summed E-state index contributed by atoms with van der Waals surface area (Å²) in [6, 6.07) is 94.7. The van der Waals surface area contributed by atoms with Crippen molar-refractivity contribution in [3.05, 3.63) is 299 Å². The number of ether oxygens (including phenoxy) is 1. The predicted octanol–water partition coefficient (Wildman–Crippen LogP) is 17.5. The van der Waals surface area contributed by atoms with E-state index in [1.807, 2.05) is 11.8 Å². The van der Waals surface area contributed by atoms with Crippen LogP contribution in [-0.2, 0) is 10.8 Å². The molecule has 0 N–H and O–H groups in total. The summed E-state index contributed by atoms with van der Waals surface area (Å²) in [7, 11) is 0. The minimum absolute atomic E-state index is 0.533. The van der Waals surface area contributed by atoms with Gasteiger partial charge < -0.3 is 14.2 Å². The summed E-state index contributed by atoms with van der Waals surface area (Å²) in [5.41, 5.74) is 20.6. The monoisotopic (exact) mass is 934 g/mol. The molecule has 0 amide bonds. The third kappa shape index (κ3) is 5.11.